The molecule has 3 N–H and O–H groups in total. The summed E-state index contributed by atoms with van der Waals surface area (Å²) >= 11 is 6.52. The Morgan fingerprint density at radius 1 is 1.14 bits per heavy atom. The third-order valence-electron chi connectivity index (χ3n) is 7.17. The maximum atomic E-state index is 13.6. The quantitative estimate of drug-likeness (QED) is 0.347. The van der Waals surface area contributed by atoms with E-state index in [1.807, 2.05) is 33.8 Å². The van der Waals surface area contributed by atoms with Crippen molar-refractivity contribution in [1.82, 2.24) is 25.7 Å². The summed E-state index contributed by atoms with van der Waals surface area (Å²) in [7, 11) is 0. The van der Waals surface area contributed by atoms with Crippen molar-refractivity contribution < 1.29 is 14.1 Å². The minimum Gasteiger partial charge on any atom is -0.364 e. The molecule has 2 saturated carbocycles. The van der Waals surface area contributed by atoms with Gasteiger partial charge in [0.1, 0.15) is 28.8 Å². The van der Waals surface area contributed by atoms with Crippen molar-refractivity contribution in [3.63, 3.8) is 0 Å². The van der Waals surface area contributed by atoms with Crippen LogP contribution >= 0.6 is 11.6 Å². The number of carbonyl (C=O) groups is 2. The Labute approximate surface area is 214 Å². The average molecular weight is 511 g/mol. The Morgan fingerprint density at radius 2 is 1.83 bits per heavy atom. The zero-order chi connectivity index (χ0) is 25.6. The third kappa shape index (κ3) is 4.89. The van der Waals surface area contributed by atoms with E-state index in [0.717, 1.165) is 48.2 Å². The molecule has 2 aliphatic rings. The van der Waals surface area contributed by atoms with Gasteiger partial charge in [-0.2, -0.15) is 5.10 Å². The lowest BCUT2D eigenvalue weighted by Crippen LogP contribution is -2.50. The fourth-order valence-corrected chi connectivity index (χ4v) is 5.37. The normalized spacial score (nSPS) is 16.4. The van der Waals surface area contributed by atoms with Gasteiger partial charge in [0.25, 0.3) is 5.91 Å². The molecular weight excluding hydrogens is 480 g/mol. The summed E-state index contributed by atoms with van der Waals surface area (Å²) in [4.78, 5) is 31.3. The van der Waals surface area contributed by atoms with Crippen LogP contribution in [0.4, 0.5) is 5.82 Å². The topological polar surface area (TPSA) is 126 Å². The molecule has 190 valence electrons. The molecule has 2 aliphatic carbocycles. The third-order valence-corrected chi connectivity index (χ3v) is 7.46. The lowest BCUT2D eigenvalue weighted by molar-refractivity contribution is -0.119. The SMILES string of the molecule is Cc1n[nH]c(C)c1-c1ccc(NC(=O)[C@@H](NC(=O)c2conc2C(C)C)C(C2CC2)C2CC2)nc1Cl. The molecule has 0 saturated heterocycles. The zero-order valence-electron chi connectivity index (χ0n) is 20.9. The highest BCUT2D eigenvalue weighted by Gasteiger charge is 2.48. The Bertz CT molecular complexity index is 1260. The lowest BCUT2D eigenvalue weighted by Gasteiger charge is -2.27. The molecular formula is C26H31ClN6O3. The van der Waals surface area contributed by atoms with Crippen LogP contribution in [0.3, 0.4) is 0 Å². The van der Waals surface area contributed by atoms with Crippen molar-refractivity contribution in [3.05, 3.63) is 46.2 Å². The number of anilines is 1. The fourth-order valence-electron chi connectivity index (χ4n) is 5.12. The first-order chi connectivity index (χ1) is 17.2. The number of hydrogen-bond donors (Lipinski definition) is 3. The number of aryl methyl sites for hydroxylation is 2. The second-order valence-electron chi connectivity index (χ2n) is 10.3. The van der Waals surface area contributed by atoms with E-state index in [-0.39, 0.29) is 28.8 Å². The van der Waals surface area contributed by atoms with E-state index in [9.17, 15) is 9.59 Å². The molecule has 2 fully saturated rings. The van der Waals surface area contributed by atoms with Gasteiger partial charge >= 0.3 is 0 Å². The summed E-state index contributed by atoms with van der Waals surface area (Å²) in [5.74, 6) is 0.678. The molecule has 3 aromatic rings. The molecule has 0 spiro atoms. The smallest absolute Gasteiger partial charge is 0.257 e. The number of aromatic amines is 1. The summed E-state index contributed by atoms with van der Waals surface area (Å²) in [6, 6.07) is 2.87. The Morgan fingerprint density at radius 3 is 2.39 bits per heavy atom. The van der Waals surface area contributed by atoms with Crippen molar-refractivity contribution >= 4 is 29.2 Å². The number of hydrogen-bond acceptors (Lipinski definition) is 6. The van der Waals surface area contributed by atoms with Gasteiger partial charge in [-0.05, 0) is 75.3 Å². The van der Waals surface area contributed by atoms with Gasteiger partial charge in [0.2, 0.25) is 5.91 Å². The Balaban J connectivity index is 1.39. The van der Waals surface area contributed by atoms with Gasteiger partial charge in [-0.3, -0.25) is 14.7 Å². The van der Waals surface area contributed by atoms with Crippen molar-refractivity contribution in [1.29, 1.82) is 0 Å². The first-order valence-corrected chi connectivity index (χ1v) is 12.9. The molecule has 9 nitrogen and oxygen atoms in total. The van der Waals surface area contributed by atoms with Gasteiger partial charge in [-0.15, -0.1) is 0 Å². The monoisotopic (exact) mass is 510 g/mol. The zero-order valence-corrected chi connectivity index (χ0v) is 21.6. The summed E-state index contributed by atoms with van der Waals surface area (Å²) in [5, 5.41) is 17.4. The summed E-state index contributed by atoms with van der Waals surface area (Å²) in [6.07, 6.45) is 5.66. The molecule has 3 heterocycles. The van der Waals surface area contributed by atoms with E-state index in [4.69, 9.17) is 16.1 Å². The van der Waals surface area contributed by atoms with Crippen molar-refractivity contribution in [2.75, 3.05) is 5.32 Å². The molecule has 36 heavy (non-hydrogen) atoms. The van der Waals surface area contributed by atoms with E-state index in [0.29, 0.717) is 28.9 Å². The molecule has 1 atom stereocenters. The molecule has 0 aliphatic heterocycles. The number of carbonyl (C=O) groups excluding carboxylic acids is 2. The molecule has 0 aromatic carbocycles. The van der Waals surface area contributed by atoms with E-state index >= 15 is 0 Å². The largest absolute Gasteiger partial charge is 0.364 e. The van der Waals surface area contributed by atoms with Gasteiger partial charge in [0.05, 0.1) is 11.4 Å². The predicted octanol–water partition coefficient (Wildman–Crippen LogP) is 5.03. The van der Waals surface area contributed by atoms with E-state index in [2.05, 4.69) is 31.0 Å². The minimum absolute atomic E-state index is 0.0202. The summed E-state index contributed by atoms with van der Waals surface area (Å²) < 4.78 is 5.07. The van der Waals surface area contributed by atoms with E-state index in [1.165, 1.54) is 6.26 Å². The van der Waals surface area contributed by atoms with Crippen LogP contribution < -0.4 is 10.6 Å². The van der Waals surface area contributed by atoms with Gasteiger partial charge in [0, 0.05) is 16.8 Å². The van der Waals surface area contributed by atoms with Gasteiger partial charge in [-0.1, -0.05) is 30.6 Å². The number of nitrogens with zero attached hydrogens (tertiary/aromatic N) is 3. The standard InChI is InChI=1S/C26H31ClN6O3/c1-12(2)22-18(11-36-33-22)25(34)30-23(21(15-5-6-15)16-7-8-16)26(35)29-19-10-9-17(24(27)28-19)20-13(3)31-32-14(20)4/h9-12,15-16,21,23H,5-8H2,1-4H3,(H,30,34)(H,31,32)(H,28,29,35)/t23-/m0/s1. The van der Waals surface area contributed by atoms with Crippen LogP contribution in [0.2, 0.25) is 5.15 Å². The molecule has 0 unspecified atom stereocenters. The van der Waals surface area contributed by atoms with Crippen molar-refractivity contribution in [2.24, 2.45) is 17.8 Å². The summed E-state index contributed by atoms with van der Waals surface area (Å²) in [6.45, 7) is 7.71. The highest BCUT2D eigenvalue weighted by molar-refractivity contribution is 6.32. The number of nitrogens with one attached hydrogen (secondary N) is 3. The number of halogens is 1. The number of H-pyrrole nitrogens is 1. The van der Waals surface area contributed by atoms with Gasteiger partial charge < -0.3 is 15.2 Å². The highest BCUT2D eigenvalue weighted by Crippen LogP contribution is 2.51. The first-order valence-electron chi connectivity index (χ1n) is 12.5. The lowest BCUT2D eigenvalue weighted by atomic mass is 9.88. The van der Waals surface area contributed by atoms with Crippen LogP contribution in [-0.2, 0) is 4.79 Å². The minimum atomic E-state index is -0.689. The Kier molecular flexibility index (Phi) is 6.59. The van der Waals surface area contributed by atoms with Crippen LogP contribution in [-0.4, -0.2) is 38.2 Å². The molecule has 5 rings (SSSR count). The van der Waals surface area contributed by atoms with Crippen LogP contribution in [0, 0.1) is 31.6 Å². The van der Waals surface area contributed by atoms with Gasteiger partial charge in [-0.25, -0.2) is 4.98 Å². The molecule has 2 amide bonds. The van der Waals surface area contributed by atoms with Crippen LogP contribution in [0.15, 0.2) is 22.9 Å². The predicted molar refractivity (Wildman–Crippen MR) is 136 cm³/mol. The number of amides is 2. The average Bonchev–Trinajstić information content (AvgIpc) is 3.76. The van der Waals surface area contributed by atoms with Crippen molar-refractivity contribution in [3.8, 4) is 11.1 Å². The second-order valence-corrected chi connectivity index (χ2v) is 10.7. The maximum absolute atomic E-state index is 13.6. The molecule has 3 aromatic heterocycles. The van der Waals surface area contributed by atoms with Crippen molar-refractivity contribution in [2.45, 2.75) is 65.3 Å². The number of aromatic nitrogens is 4. The Hall–Kier alpha value is -3.20. The molecule has 10 heteroatoms. The maximum Gasteiger partial charge on any atom is 0.257 e. The number of rotatable bonds is 9. The molecule has 0 bridgehead atoms. The van der Waals surface area contributed by atoms with Gasteiger partial charge in [0.15, 0.2) is 0 Å². The second kappa shape index (κ2) is 9.69. The fraction of sp³-hybridized carbons (Fsp3) is 0.500. The highest BCUT2D eigenvalue weighted by atomic mass is 35.5. The van der Waals surface area contributed by atoms with E-state index in [1.54, 1.807) is 6.07 Å². The van der Waals surface area contributed by atoms with Crippen LogP contribution in [0.25, 0.3) is 11.1 Å². The summed E-state index contributed by atoms with van der Waals surface area (Å²) in [5.41, 5.74) is 4.29. The molecule has 0 radical (unpaired) electrons. The van der Waals surface area contributed by atoms with E-state index < -0.39 is 6.04 Å². The van der Waals surface area contributed by atoms with Crippen LogP contribution in [0.5, 0.6) is 0 Å². The number of pyridine rings is 1. The van der Waals surface area contributed by atoms with Crippen LogP contribution in [0.1, 0.15) is 72.9 Å². The first kappa shape index (κ1) is 24.5.